The Hall–Kier alpha value is -3.55. The Balaban J connectivity index is 1.55. The number of anilines is 1. The summed E-state index contributed by atoms with van der Waals surface area (Å²) in [4.78, 5) is 53.2. The summed E-state index contributed by atoms with van der Waals surface area (Å²) >= 11 is 0. The first-order valence-corrected chi connectivity index (χ1v) is 8.07. The van der Waals surface area contributed by atoms with Crippen LogP contribution in [0.3, 0.4) is 0 Å². The molecule has 1 atom stereocenters. The van der Waals surface area contributed by atoms with Crippen LogP contribution in [0, 0.1) is 0 Å². The Bertz CT molecular complexity index is 998. The van der Waals surface area contributed by atoms with E-state index in [-0.39, 0.29) is 18.5 Å². The molecule has 1 saturated heterocycles. The molecule has 130 valence electrons. The first kappa shape index (κ1) is 15.9. The summed E-state index contributed by atoms with van der Waals surface area (Å²) < 4.78 is 0. The van der Waals surface area contributed by atoms with Crippen molar-refractivity contribution in [1.29, 1.82) is 0 Å². The van der Waals surface area contributed by atoms with Crippen LogP contribution in [0.5, 0.6) is 0 Å². The van der Waals surface area contributed by atoms with Gasteiger partial charge in [-0.15, -0.1) is 0 Å². The number of aromatic nitrogens is 1. The van der Waals surface area contributed by atoms with Gasteiger partial charge in [-0.3, -0.25) is 34.4 Å². The average molecular weight is 350 g/mol. The lowest BCUT2D eigenvalue weighted by Crippen LogP contribution is -2.54. The second-order valence-corrected chi connectivity index (χ2v) is 6.08. The molecule has 0 spiro atoms. The van der Waals surface area contributed by atoms with Gasteiger partial charge in [0.15, 0.2) is 0 Å². The second kappa shape index (κ2) is 6.07. The number of carbonyl (C=O) groups is 4. The molecule has 0 saturated carbocycles. The topological polar surface area (TPSA) is 108 Å². The van der Waals surface area contributed by atoms with Crippen LogP contribution in [0.15, 0.2) is 48.3 Å². The van der Waals surface area contributed by atoms with Crippen molar-refractivity contribution in [1.82, 2.24) is 15.2 Å². The van der Waals surface area contributed by atoms with E-state index in [4.69, 9.17) is 0 Å². The lowest BCUT2D eigenvalue weighted by molar-refractivity contribution is -0.149. The number of rotatable bonds is 3. The average Bonchev–Trinajstić information content (AvgIpc) is 2.89. The largest absolute Gasteiger partial charge is 0.350 e. The van der Waals surface area contributed by atoms with E-state index < -0.39 is 29.7 Å². The third-order valence-electron chi connectivity index (χ3n) is 4.35. The number of piperidine rings is 1. The van der Waals surface area contributed by atoms with Gasteiger partial charge in [0.2, 0.25) is 11.8 Å². The quantitative estimate of drug-likeness (QED) is 0.789. The molecule has 1 fully saturated rings. The van der Waals surface area contributed by atoms with Crippen LogP contribution >= 0.6 is 0 Å². The highest BCUT2D eigenvalue weighted by molar-refractivity contribution is 6.20. The predicted molar refractivity (Wildman–Crippen MR) is 91.5 cm³/mol. The highest BCUT2D eigenvalue weighted by Crippen LogP contribution is 2.23. The Morgan fingerprint density at radius 3 is 2.77 bits per heavy atom. The first-order chi connectivity index (χ1) is 12.5. The van der Waals surface area contributed by atoms with Crippen molar-refractivity contribution in [2.45, 2.75) is 18.9 Å². The van der Waals surface area contributed by atoms with Gasteiger partial charge in [-0.05, 0) is 18.6 Å². The van der Waals surface area contributed by atoms with Crippen molar-refractivity contribution in [3.05, 3.63) is 48.3 Å². The smallest absolute Gasteiger partial charge is 0.278 e. The summed E-state index contributed by atoms with van der Waals surface area (Å²) in [6, 6.07) is 8.35. The molecular formula is C18H14N4O4. The van der Waals surface area contributed by atoms with Crippen LogP contribution in [0.4, 0.5) is 5.69 Å². The number of hydrogen-bond acceptors (Lipinski definition) is 6. The molecule has 4 rings (SSSR count). The van der Waals surface area contributed by atoms with Crippen molar-refractivity contribution in [2.24, 2.45) is 0 Å². The summed E-state index contributed by atoms with van der Waals surface area (Å²) in [6.07, 6.45) is 2.93. The minimum Gasteiger partial charge on any atom is -0.350 e. The molecule has 8 nitrogen and oxygen atoms in total. The number of hydrogen-bond donors (Lipinski definition) is 2. The highest BCUT2D eigenvalue weighted by Gasteiger charge is 2.42. The van der Waals surface area contributed by atoms with E-state index in [9.17, 15) is 19.2 Å². The van der Waals surface area contributed by atoms with E-state index in [0.717, 1.165) is 21.9 Å². The molecular weight excluding hydrogens is 336 g/mol. The third kappa shape index (κ3) is 2.71. The standard InChI is InChI=1S/C18H14N4O4/c23-15-6-5-14(17(25)21-15)22-16(24)8-13(18(22)26)20-11-7-10-3-1-2-4-12(10)19-9-11/h1-4,7-9,14,20H,5-6H2,(H,21,23,25). The number of para-hydroxylation sites is 1. The van der Waals surface area contributed by atoms with Gasteiger partial charge in [-0.25, -0.2) is 0 Å². The number of nitrogens with one attached hydrogen (secondary N) is 2. The Morgan fingerprint density at radius 2 is 1.96 bits per heavy atom. The van der Waals surface area contributed by atoms with Crippen LogP contribution in [0.25, 0.3) is 10.9 Å². The van der Waals surface area contributed by atoms with E-state index in [1.165, 1.54) is 0 Å². The minimum absolute atomic E-state index is 0.0665. The third-order valence-corrected chi connectivity index (χ3v) is 4.35. The fourth-order valence-corrected chi connectivity index (χ4v) is 3.09. The van der Waals surface area contributed by atoms with Gasteiger partial charge in [0, 0.05) is 17.9 Å². The van der Waals surface area contributed by atoms with Crippen molar-refractivity contribution in [2.75, 3.05) is 5.32 Å². The Kier molecular flexibility index (Phi) is 3.72. The monoisotopic (exact) mass is 350 g/mol. The van der Waals surface area contributed by atoms with E-state index in [1.54, 1.807) is 6.20 Å². The van der Waals surface area contributed by atoms with Crippen LogP contribution in [-0.2, 0) is 19.2 Å². The molecule has 4 amide bonds. The fourth-order valence-electron chi connectivity index (χ4n) is 3.09. The van der Waals surface area contributed by atoms with Gasteiger partial charge in [0.05, 0.1) is 17.4 Å². The molecule has 8 heteroatoms. The number of amides is 4. The molecule has 0 aliphatic carbocycles. The molecule has 1 unspecified atom stereocenters. The lowest BCUT2D eigenvalue weighted by Gasteiger charge is -2.28. The molecule has 2 aliphatic heterocycles. The zero-order valence-electron chi connectivity index (χ0n) is 13.6. The van der Waals surface area contributed by atoms with Crippen LogP contribution in [0.2, 0.25) is 0 Å². The fraction of sp³-hybridized carbons (Fsp3) is 0.167. The molecule has 0 bridgehead atoms. The van der Waals surface area contributed by atoms with Crippen molar-refractivity contribution < 1.29 is 19.2 Å². The van der Waals surface area contributed by atoms with Gasteiger partial charge in [-0.2, -0.15) is 0 Å². The number of benzene rings is 1. The molecule has 26 heavy (non-hydrogen) atoms. The van der Waals surface area contributed by atoms with E-state index >= 15 is 0 Å². The van der Waals surface area contributed by atoms with Crippen LogP contribution < -0.4 is 10.6 Å². The summed E-state index contributed by atoms with van der Waals surface area (Å²) in [5, 5.41) is 5.93. The summed E-state index contributed by atoms with van der Waals surface area (Å²) in [5.41, 5.74) is 1.43. The van der Waals surface area contributed by atoms with E-state index in [2.05, 4.69) is 15.6 Å². The predicted octanol–water partition coefficient (Wildman–Crippen LogP) is 0.705. The van der Waals surface area contributed by atoms with Gasteiger partial charge in [-0.1, -0.05) is 18.2 Å². The highest BCUT2D eigenvalue weighted by atomic mass is 16.2. The van der Waals surface area contributed by atoms with Gasteiger partial charge >= 0.3 is 0 Å². The number of imide groups is 2. The maximum absolute atomic E-state index is 12.6. The normalized spacial score (nSPS) is 20.4. The van der Waals surface area contributed by atoms with Gasteiger partial charge < -0.3 is 5.32 Å². The van der Waals surface area contributed by atoms with Crippen molar-refractivity contribution >= 4 is 40.2 Å². The molecule has 2 aromatic rings. The molecule has 1 aromatic carbocycles. The number of pyridine rings is 1. The van der Waals surface area contributed by atoms with Crippen molar-refractivity contribution in [3.8, 4) is 0 Å². The Morgan fingerprint density at radius 1 is 1.15 bits per heavy atom. The number of fused-ring (bicyclic) bond motifs is 1. The molecule has 2 aliphatic rings. The zero-order valence-corrected chi connectivity index (χ0v) is 13.6. The van der Waals surface area contributed by atoms with Gasteiger partial charge in [0.1, 0.15) is 11.7 Å². The molecule has 1 aromatic heterocycles. The maximum Gasteiger partial charge on any atom is 0.278 e. The lowest BCUT2D eigenvalue weighted by atomic mass is 10.0. The Labute approximate surface area is 147 Å². The first-order valence-electron chi connectivity index (χ1n) is 8.07. The zero-order chi connectivity index (χ0) is 18.3. The number of nitrogens with zero attached hydrogens (tertiary/aromatic N) is 2. The van der Waals surface area contributed by atoms with Crippen LogP contribution in [-0.4, -0.2) is 39.6 Å². The molecule has 3 heterocycles. The van der Waals surface area contributed by atoms with E-state index in [1.807, 2.05) is 30.3 Å². The van der Waals surface area contributed by atoms with Gasteiger partial charge in [0.25, 0.3) is 11.8 Å². The second-order valence-electron chi connectivity index (χ2n) is 6.08. The van der Waals surface area contributed by atoms with Crippen molar-refractivity contribution in [3.63, 3.8) is 0 Å². The van der Waals surface area contributed by atoms with E-state index in [0.29, 0.717) is 5.69 Å². The molecule has 0 radical (unpaired) electrons. The summed E-state index contributed by atoms with van der Waals surface area (Å²) in [5.74, 6) is -2.22. The number of carbonyl (C=O) groups excluding carboxylic acids is 4. The summed E-state index contributed by atoms with van der Waals surface area (Å²) in [7, 11) is 0. The maximum atomic E-state index is 12.6. The summed E-state index contributed by atoms with van der Waals surface area (Å²) in [6.45, 7) is 0. The minimum atomic E-state index is -0.974. The SMILES string of the molecule is O=C1CCC(N2C(=O)C=C(Nc3cnc4ccccc4c3)C2=O)C(=O)N1. The van der Waals surface area contributed by atoms with Crippen LogP contribution in [0.1, 0.15) is 12.8 Å². The molecule has 2 N–H and O–H groups in total.